The average Bonchev–Trinajstić information content (AvgIpc) is 2.23. The lowest BCUT2D eigenvalue weighted by molar-refractivity contribution is -0.329. The molecule has 4 rings (SSSR count). The van der Waals surface area contributed by atoms with Crippen molar-refractivity contribution in [2.45, 2.75) is 64.8 Å². The summed E-state index contributed by atoms with van der Waals surface area (Å²) in [7, 11) is 0. The second-order valence-electron chi connectivity index (χ2n) is 7.85. The molecule has 0 aromatic carbocycles. The van der Waals surface area contributed by atoms with Gasteiger partial charge in [-0.1, -0.05) is 27.7 Å². The van der Waals surface area contributed by atoms with E-state index >= 15 is 0 Å². The van der Waals surface area contributed by atoms with Crippen LogP contribution in [0.25, 0.3) is 0 Å². The van der Waals surface area contributed by atoms with Gasteiger partial charge in [0.2, 0.25) is 0 Å². The number of hydrogen-bond donors (Lipinski definition) is 3. The Kier molecular flexibility index (Phi) is 2.37. The standard InChI is InChI=1S/C15H26O3/c1-8-9-5-10-12(17)6-14(9,4)15(18,7-11(8)16)13(10,2)3/h8-12,16-18H,5-7H2,1-4H3. The first-order chi connectivity index (χ1) is 8.15. The number of fused-ring (bicyclic) bond motifs is 1. The molecule has 0 saturated heterocycles. The Morgan fingerprint density at radius 2 is 1.56 bits per heavy atom. The average molecular weight is 254 g/mol. The van der Waals surface area contributed by atoms with Crippen LogP contribution in [0.4, 0.5) is 0 Å². The van der Waals surface area contributed by atoms with E-state index in [0.29, 0.717) is 18.8 Å². The zero-order chi connectivity index (χ0) is 13.5. The highest BCUT2D eigenvalue weighted by Crippen LogP contribution is 2.71. The third-order valence-electron chi connectivity index (χ3n) is 7.11. The smallest absolute Gasteiger partial charge is 0.0783 e. The van der Waals surface area contributed by atoms with Gasteiger partial charge in [0.05, 0.1) is 17.8 Å². The third kappa shape index (κ3) is 1.13. The van der Waals surface area contributed by atoms with Gasteiger partial charge >= 0.3 is 0 Å². The van der Waals surface area contributed by atoms with Gasteiger partial charge in [-0.05, 0) is 36.0 Å². The monoisotopic (exact) mass is 254 g/mol. The summed E-state index contributed by atoms with van der Waals surface area (Å²) in [6.07, 6.45) is 1.36. The predicted octanol–water partition coefficient (Wildman–Crippen LogP) is 1.55. The fourth-order valence-corrected chi connectivity index (χ4v) is 5.76. The molecule has 104 valence electrons. The molecule has 0 amide bonds. The first-order valence-electron chi connectivity index (χ1n) is 7.23. The first kappa shape index (κ1) is 12.9. The molecule has 0 radical (unpaired) electrons. The van der Waals surface area contributed by atoms with E-state index in [1.807, 2.05) is 0 Å². The van der Waals surface area contributed by atoms with Crippen molar-refractivity contribution in [3.05, 3.63) is 0 Å². The third-order valence-corrected chi connectivity index (χ3v) is 7.11. The zero-order valence-electron chi connectivity index (χ0n) is 11.8. The van der Waals surface area contributed by atoms with Gasteiger partial charge in [0.25, 0.3) is 0 Å². The van der Waals surface area contributed by atoms with E-state index in [2.05, 4.69) is 27.7 Å². The molecule has 0 spiro atoms. The van der Waals surface area contributed by atoms with Gasteiger partial charge in [-0.15, -0.1) is 0 Å². The molecule has 7 atom stereocenters. The summed E-state index contributed by atoms with van der Waals surface area (Å²) in [6, 6.07) is 0. The van der Waals surface area contributed by atoms with Crippen LogP contribution in [0, 0.1) is 28.6 Å². The molecular weight excluding hydrogens is 228 g/mol. The van der Waals surface area contributed by atoms with E-state index in [9.17, 15) is 15.3 Å². The Morgan fingerprint density at radius 3 is 2.17 bits per heavy atom. The van der Waals surface area contributed by atoms with Crippen LogP contribution in [0.5, 0.6) is 0 Å². The Morgan fingerprint density at radius 1 is 0.944 bits per heavy atom. The summed E-state index contributed by atoms with van der Waals surface area (Å²) in [4.78, 5) is 0. The lowest BCUT2D eigenvalue weighted by Gasteiger charge is -2.73. The maximum Gasteiger partial charge on any atom is 0.0783 e. The van der Waals surface area contributed by atoms with Crippen LogP contribution >= 0.6 is 0 Å². The minimum absolute atomic E-state index is 0.157. The van der Waals surface area contributed by atoms with Crippen molar-refractivity contribution in [1.29, 1.82) is 0 Å². The molecule has 4 fully saturated rings. The molecule has 0 aromatic rings. The summed E-state index contributed by atoms with van der Waals surface area (Å²) in [5, 5.41) is 31.9. The molecule has 18 heavy (non-hydrogen) atoms. The van der Waals surface area contributed by atoms with Gasteiger partial charge in [0.15, 0.2) is 0 Å². The van der Waals surface area contributed by atoms with Crippen molar-refractivity contribution >= 4 is 0 Å². The van der Waals surface area contributed by atoms with Gasteiger partial charge in [0.1, 0.15) is 0 Å². The van der Waals surface area contributed by atoms with Crippen molar-refractivity contribution in [3.63, 3.8) is 0 Å². The van der Waals surface area contributed by atoms with Gasteiger partial charge < -0.3 is 15.3 Å². The highest BCUT2D eigenvalue weighted by molar-refractivity contribution is 5.22. The van der Waals surface area contributed by atoms with E-state index in [4.69, 9.17) is 0 Å². The quantitative estimate of drug-likeness (QED) is 0.614. The maximum atomic E-state index is 11.3. The van der Waals surface area contributed by atoms with Crippen LogP contribution in [-0.2, 0) is 0 Å². The second kappa shape index (κ2) is 3.31. The molecular formula is C15H26O3. The highest BCUT2D eigenvalue weighted by atomic mass is 16.3. The second-order valence-corrected chi connectivity index (χ2v) is 7.85. The molecule has 0 aromatic heterocycles. The lowest BCUT2D eigenvalue weighted by atomic mass is 9.34. The van der Waals surface area contributed by atoms with Crippen LogP contribution in [-0.4, -0.2) is 33.1 Å². The Bertz CT molecular complexity index is 380. The zero-order valence-corrected chi connectivity index (χ0v) is 11.8. The molecule has 0 heterocycles. The van der Waals surface area contributed by atoms with Gasteiger partial charge in [-0.25, -0.2) is 0 Å². The predicted molar refractivity (Wildman–Crippen MR) is 68.8 cm³/mol. The van der Waals surface area contributed by atoms with Crippen molar-refractivity contribution in [1.82, 2.24) is 0 Å². The normalized spacial score (nSPS) is 61.8. The van der Waals surface area contributed by atoms with Gasteiger partial charge in [0, 0.05) is 11.8 Å². The number of aliphatic hydroxyl groups is 3. The molecule has 3 N–H and O–H groups in total. The van der Waals surface area contributed by atoms with Crippen molar-refractivity contribution < 1.29 is 15.3 Å². The van der Waals surface area contributed by atoms with E-state index in [1.54, 1.807) is 0 Å². The van der Waals surface area contributed by atoms with E-state index in [-0.39, 0.29) is 28.8 Å². The highest BCUT2D eigenvalue weighted by Gasteiger charge is 2.73. The van der Waals surface area contributed by atoms with Crippen LogP contribution < -0.4 is 0 Å². The van der Waals surface area contributed by atoms with E-state index in [1.165, 1.54) is 0 Å². The minimum atomic E-state index is -0.848. The lowest BCUT2D eigenvalue weighted by Crippen LogP contribution is -2.76. The number of hydrogen-bond acceptors (Lipinski definition) is 3. The topological polar surface area (TPSA) is 60.7 Å². The molecule has 4 aliphatic rings. The van der Waals surface area contributed by atoms with Crippen LogP contribution in [0.3, 0.4) is 0 Å². The summed E-state index contributed by atoms with van der Waals surface area (Å²) in [5.41, 5.74) is -1.43. The summed E-state index contributed by atoms with van der Waals surface area (Å²) >= 11 is 0. The summed E-state index contributed by atoms with van der Waals surface area (Å²) in [6.45, 7) is 8.36. The van der Waals surface area contributed by atoms with Crippen molar-refractivity contribution in [2.24, 2.45) is 28.6 Å². The van der Waals surface area contributed by atoms with Crippen LogP contribution in [0.1, 0.15) is 47.0 Å². The SMILES string of the molecule is CC1C(O)CC2(O)C(C)(C)C3CC1C2(C)CC3O. The first-order valence-corrected chi connectivity index (χ1v) is 7.23. The van der Waals surface area contributed by atoms with E-state index < -0.39 is 11.7 Å². The molecule has 3 heteroatoms. The molecule has 0 aliphatic heterocycles. The molecule has 4 saturated carbocycles. The largest absolute Gasteiger partial charge is 0.393 e. The Labute approximate surface area is 109 Å². The van der Waals surface area contributed by atoms with Crippen LogP contribution in [0.2, 0.25) is 0 Å². The Balaban J connectivity index is 2.15. The van der Waals surface area contributed by atoms with E-state index in [0.717, 1.165) is 6.42 Å². The molecule has 4 aliphatic carbocycles. The van der Waals surface area contributed by atoms with Crippen molar-refractivity contribution in [2.75, 3.05) is 0 Å². The summed E-state index contributed by atoms with van der Waals surface area (Å²) in [5.74, 6) is 0.707. The van der Waals surface area contributed by atoms with Crippen molar-refractivity contribution in [3.8, 4) is 0 Å². The summed E-state index contributed by atoms with van der Waals surface area (Å²) < 4.78 is 0. The maximum absolute atomic E-state index is 11.3. The molecule has 7 unspecified atom stereocenters. The number of rotatable bonds is 0. The molecule has 4 bridgehead atoms. The van der Waals surface area contributed by atoms with Crippen LogP contribution in [0.15, 0.2) is 0 Å². The molecule has 3 nitrogen and oxygen atoms in total. The Hall–Kier alpha value is -0.120. The van der Waals surface area contributed by atoms with Gasteiger partial charge in [-0.2, -0.15) is 0 Å². The number of aliphatic hydroxyl groups excluding tert-OH is 2. The van der Waals surface area contributed by atoms with Gasteiger partial charge in [-0.3, -0.25) is 0 Å². The fourth-order valence-electron chi connectivity index (χ4n) is 5.76. The minimum Gasteiger partial charge on any atom is -0.393 e. The fraction of sp³-hybridized carbons (Fsp3) is 1.00.